The largest absolute Gasteiger partial charge is 0.304 e. The van der Waals surface area contributed by atoms with Gasteiger partial charge in [0, 0.05) is 17.6 Å². The number of halogens is 1. The van der Waals surface area contributed by atoms with Crippen LogP contribution in [0.1, 0.15) is 23.0 Å². The summed E-state index contributed by atoms with van der Waals surface area (Å²) in [6, 6.07) is 18.2. The fraction of sp³-hybridized carbons (Fsp3) is 0.278. The number of Topliss-reactive ketones (excluding diaryl/α,β-unsaturated/α-hetero) is 1. The first kappa shape index (κ1) is 14.5. The number of carbonyl (C=O) groups excluding carboxylic acids is 1. The summed E-state index contributed by atoms with van der Waals surface area (Å²) < 4.78 is 1.03. The molecule has 2 aromatic carbocycles. The molecule has 0 aromatic heterocycles. The second-order valence-electron chi connectivity index (χ2n) is 5.69. The second-order valence-corrected chi connectivity index (χ2v) is 6.61. The minimum Gasteiger partial charge on any atom is -0.304 e. The third-order valence-electron chi connectivity index (χ3n) is 4.13. The summed E-state index contributed by atoms with van der Waals surface area (Å²) in [4.78, 5) is 15.2. The average Bonchev–Trinajstić information content (AvgIpc) is 2.50. The fourth-order valence-electron chi connectivity index (χ4n) is 3.07. The third kappa shape index (κ3) is 3.09. The lowest BCUT2D eigenvalue weighted by Gasteiger charge is -2.35. The van der Waals surface area contributed by atoms with Crippen molar-refractivity contribution in [3.05, 3.63) is 70.2 Å². The lowest BCUT2D eigenvalue weighted by Crippen LogP contribution is -2.42. The van der Waals surface area contributed by atoms with Crippen LogP contribution >= 0.6 is 15.9 Å². The van der Waals surface area contributed by atoms with Crippen LogP contribution in [0.3, 0.4) is 0 Å². The van der Waals surface area contributed by atoms with Crippen LogP contribution in [0, 0.1) is 0 Å². The van der Waals surface area contributed by atoms with Crippen molar-refractivity contribution in [3.63, 3.8) is 0 Å². The maximum atomic E-state index is 12.9. The first-order valence-electron chi connectivity index (χ1n) is 7.18. The van der Waals surface area contributed by atoms with Crippen molar-refractivity contribution >= 4 is 21.7 Å². The lowest BCUT2D eigenvalue weighted by atomic mass is 9.80. The second kappa shape index (κ2) is 6.12. The van der Waals surface area contributed by atoms with Crippen molar-refractivity contribution in [2.24, 2.45) is 0 Å². The Kier molecular flexibility index (Phi) is 4.22. The highest BCUT2D eigenvalue weighted by Crippen LogP contribution is 2.32. The van der Waals surface area contributed by atoms with Crippen molar-refractivity contribution in [1.82, 2.24) is 4.90 Å². The molecule has 1 heterocycles. The highest BCUT2D eigenvalue weighted by molar-refractivity contribution is 9.10. The average molecular weight is 344 g/mol. The molecule has 1 saturated heterocycles. The SMILES string of the molecule is CN1CC(c2ccccc2)C(=O)C(c2cccc(Br)c2)C1. The number of ketones is 1. The minimum absolute atomic E-state index is 0.0334. The normalized spacial score (nSPS) is 23.2. The Bertz CT molecular complexity index is 641. The number of benzene rings is 2. The van der Waals surface area contributed by atoms with Gasteiger partial charge in [0.2, 0.25) is 0 Å². The van der Waals surface area contributed by atoms with Gasteiger partial charge in [-0.15, -0.1) is 0 Å². The zero-order valence-corrected chi connectivity index (χ0v) is 13.6. The van der Waals surface area contributed by atoms with Crippen LogP contribution in [0.2, 0.25) is 0 Å². The Balaban J connectivity index is 1.94. The van der Waals surface area contributed by atoms with Gasteiger partial charge in [0.25, 0.3) is 0 Å². The summed E-state index contributed by atoms with van der Waals surface area (Å²) >= 11 is 3.50. The number of piperidine rings is 1. The van der Waals surface area contributed by atoms with Gasteiger partial charge in [-0.25, -0.2) is 0 Å². The summed E-state index contributed by atoms with van der Waals surface area (Å²) in [5.41, 5.74) is 2.22. The molecular weight excluding hydrogens is 326 g/mol. The molecule has 2 nitrogen and oxygen atoms in total. The number of likely N-dealkylation sites (tertiary alicyclic amines) is 1. The standard InChI is InChI=1S/C18H18BrNO/c1-20-11-16(13-6-3-2-4-7-13)18(21)17(12-20)14-8-5-9-15(19)10-14/h2-10,16-17H,11-12H2,1H3. The molecule has 1 aliphatic heterocycles. The molecule has 3 rings (SSSR count). The zero-order chi connectivity index (χ0) is 14.8. The first-order chi connectivity index (χ1) is 10.1. The van der Waals surface area contributed by atoms with Crippen LogP contribution in [-0.4, -0.2) is 30.8 Å². The van der Waals surface area contributed by atoms with E-state index in [-0.39, 0.29) is 11.8 Å². The first-order valence-corrected chi connectivity index (χ1v) is 7.97. The molecule has 0 radical (unpaired) electrons. The van der Waals surface area contributed by atoms with E-state index >= 15 is 0 Å². The number of rotatable bonds is 2. The highest BCUT2D eigenvalue weighted by atomic mass is 79.9. The molecule has 3 heteroatoms. The Morgan fingerprint density at radius 2 is 1.57 bits per heavy atom. The number of hydrogen-bond acceptors (Lipinski definition) is 2. The summed E-state index contributed by atoms with van der Waals surface area (Å²) in [7, 11) is 2.09. The van der Waals surface area contributed by atoms with E-state index in [0.717, 1.165) is 28.7 Å². The van der Waals surface area contributed by atoms with Crippen molar-refractivity contribution in [2.75, 3.05) is 20.1 Å². The van der Waals surface area contributed by atoms with Gasteiger partial charge in [-0.2, -0.15) is 0 Å². The van der Waals surface area contributed by atoms with E-state index in [1.807, 2.05) is 30.3 Å². The predicted molar refractivity (Wildman–Crippen MR) is 88.6 cm³/mol. The minimum atomic E-state index is -0.0496. The zero-order valence-electron chi connectivity index (χ0n) is 12.0. The molecule has 1 aliphatic rings. The Hall–Kier alpha value is -1.45. The van der Waals surface area contributed by atoms with Crippen LogP contribution < -0.4 is 0 Å². The van der Waals surface area contributed by atoms with Crippen molar-refractivity contribution in [2.45, 2.75) is 11.8 Å². The molecule has 0 amide bonds. The smallest absolute Gasteiger partial charge is 0.150 e. The molecule has 0 bridgehead atoms. The quantitative estimate of drug-likeness (QED) is 0.825. The van der Waals surface area contributed by atoms with Gasteiger partial charge in [-0.1, -0.05) is 58.4 Å². The predicted octanol–water partition coefficient (Wildman–Crippen LogP) is 3.83. The molecule has 2 unspecified atom stereocenters. The molecule has 0 N–H and O–H groups in total. The molecule has 1 fully saturated rings. The van der Waals surface area contributed by atoms with Gasteiger partial charge >= 0.3 is 0 Å². The van der Waals surface area contributed by atoms with Gasteiger partial charge in [0.05, 0.1) is 11.8 Å². The van der Waals surface area contributed by atoms with E-state index in [9.17, 15) is 4.79 Å². The van der Waals surface area contributed by atoms with Gasteiger partial charge in [-0.3, -0.25) is 4.79 Å². The van der Waals surface area contributed by atoms with E-state index in [1.54, 1.807) is 0 Å². The van der Waals surface area contributed by atoms with E-state index in [0.29, 0.717) is 5.78 Å². The molecule has 0 aliphatic carbocycles. The molecular formula is C18H18BrNO. The van der Waals surface area contributed by atoms with E-state index in [1.165, 1.54) is 0 Å². The topological polar surface area (TPSA) is 20.3 Å². The van der Waals surface area contributed by atoms with Gasteiger partial charge in [0.15, 0.2) is 0 Å². The summed E-state index contributed by atoms with van der Waals surface area (Å²) in [5.74, 6) is 0.248. The lowest BCUT2D eigenvalue weighted by molar-refractivity contribution is -0.124. The summed E-state index contributed by atoms with van der Waals surface area (Å²) in [6.45, 7) is 1.59. The number of carbonyl (C=O) groups is 1. The van der Waals surface area contributed by atoms with Crippen molar-refractivity contribution in [1.29, 1.82) is 0 Å². The third-order valence-corrected chi connectivity index (χ3v) is 4.62. The maximum Gasteiger partial charge on any atom is 0.150 e. The van der Waals surface area contributed by atoms with Crippen molar-refractivity contribution in [3.8, 4) is 0 Å². The molecule has 0 spiro atoms. The molecule has 2 aromatic rings. The van der Waals surface area contributed by atoms with Crippen molar-refractivity contribution < 1.29 is 4.79 Å². The van der Waals surface area contributed by atoms with Crippen LogP contribution in [0.4, 0.5) is 0 Å². The van der Waals surface area contributed by atoms with Crippen LogP contribution in [0.25, 0.3) is 0 Å². The molecule has 108 valence electrons. The number of likely N-dealkylation sites (N-methyl/N-ethyl adjacent to an activating group) is 1. The van der Waals surface area contributed by atoms with E-state index in [4.69, 9.17) is 0 Å². The van der Waals surface area contributed by atoms with Gasteiger partial charge < -0.3 is 4.90 Å². The number of hydrogen-bond donors (Lipinski definition) is 0. The molecule has 0 saturated carbocycles. The maximum absolute atomic E-state index is 12.9. The Labute approximate surface area is 133 Å². The molecule has 2 atom stereocenters. The highest BCUT2D eigenvalue weighted by Gasteiger charge is 2.35. The van der Waals surface area contributed by atoms with E-state index < -0.39 is 0 Å². The van der Waals surface area contributed by atoms with Crippen LogP contribution in [0.15, 0.2) is 59.1 Å². The monoisotopic (exact) mass is 343 g/mol. The molecule has 21 heavy (non-hydrogen) atoms. The van der Waals surface area contributed by atoms with Crippen LogP contribution in [-0.2, 0) is 4.79 Å². The van der Waals surface area contributed by atoms with Gasteiger partial charge in [-0.05, 0) is 30.3 Å². The van der Waals surface area contributed by atoms with Crippen LogP contribution in [0.5, 0.6) is 0 Å². The number of nitrogens with zero attached hydrogens (tertiary/aromatic N) is 1. The van der Waals surface area contributed by atoms with Gasteiger partial charge in [0.1, 0.15) is 5.78 Å². The van der Waals surface area contributed by atoms with E-state index in [2.05, 4.69) is 52.1 Å². The Morgan fingerprint density at radius 1 is 0.952 bits per heavy atom. The fourth-order valence-corrected chi connectivity index (χ4v) is 3.49. The summed E-state index contributed by atoms with van der Waals surface area (Å²) in [5, 5.41) is 0. The Morgan fingerprint density at radius 3 is 2.24 bits per heavy atom. The summed E-state index contributed by atoms with van der Waals surface area (Å²) in [6.07, 6.45) is 0.